The number of nitrogens with one attached hydrogen (secondary N) is 1. The second kappa shape index (κ2) is 6.15. The van der Waals surface area contributed by atoms with Gasteiger partial charge in [-0.05, 0) is 32.8 Å². The second-order valence-corrected chi connectivity index (χ2v) is 3.97. The topological polar surface area (TPSA) is 88.3 Å². The van der Waals surface area contributed by atoms with Crippen LogP contribution in [0.3, 0.4) is 0 Å². The van der Waals surface area contributed by atoms with Gasteiger partial charge in [0.05, 0.1) is 4.92 Å². The molecule has 0 aliphatic heterocycles. The number of pyridine rings is 1. The monoisotopic (exact) mass is 239 g/mol. The van der Waals surface area contributed by atoms with E-state index >= 15 is 0 Å². The minimum atomic E-state index is -0.443. The molecule has 1 rings (SSSR count). The Morgan fingerprint density at radius 2 is 2.29 bits per heavy atom. The Hall–Kier alpha value is -1.69. The maximum atomic E-state index is 10.6. The molecule has 0 spiro atoms. The summed E-state index contributed by atoms with van der Waals surface area (Å²) in [6.07, 6.45) is 1.55. The van der Waals surface area contributed by atoms with Gasteiger partial charge in [0, 0.05) is 18.7 Å². The molecule has 1 atom stereocenters. The standard InChI is InChI=1S/C11H17N3O3/c1-8(4-3-7-15)12-11-6-5-10(14(16)17)9(2)13-11/h5-6,8,15H,3-4,7H2,1-2H3,(H,12,13). The highest BCUT2D eigenvalue weighted by atomic mass is 16.6. The highest BCUT2D eigenvalue weighted by Crippen LogP contribution is 2.18. The van der Waals surface area contributed by atoms with E-state index < -0.39 is 4.92 Å². The lowest BCUT2D eigenvalue weighted by molar-refractivity contribution is -0.385. The van der Waals surface area contributed by atoms with E-state index in [9.17, 15) is 10.1 Å². The van der Waals surface area contributed by atoms with Crippen molar-refractivity contribution in [1.29, 1.82) is 0 Å². The first-order valence-electron chi connectivity index (χ1n) is 5.54. The van der Waals surface area contributed by atoms with Crippen molar-refractivity contribution in [2.24, 2.45) is 0 Å². The van der Waals surface area contributed by atoms with Crippen molar-refractivity contribution >= 4 is 11.5 Å². The molecule has 94 valence electrons. The van der Waals surface area contributed by atoms with Gasteiger partial charge in [0.2, 0.25) is 0 Å². The van der Waals surface area contributed by atoms with E-state index in [1.54, 1.807) is 13.0 Å². The molecule has 0 radical (unpaired) electrons. The highest BCUT2D eigenvalue weighted by Gasteiger charge is 2.12. The normalized spacial score (nSPS) is 12.2. The summed E-state index contributed by atoms with van der Waals surface area (Å²) in [5, 5.41) is 22.5. The zero-order valence-corrected chi connectivity index (χ0v) is 10.0. The molecule has 1 aromatic heterocycles. The lowest BCUT2D eigenvalue weighted by Gasteiger charge is -2.13. The van der Waals surface area contributed by atoms with E-state index in [4.69, 9.17) is 5.11 Å². The fraction of sp³-hybridized carbons (Fsp3) is 0.545. The third-order valence-corrected chi connectivity index (χ3v) is 2.44. The molecule has 1 heterocycles. The van der Waals surface area contributed by atoms with E-state index in [2.05, 4.69) is 10.3 Å². The van der Waals surface area contributed by atoms with Gasteiger partial charge < -0.3 is 10.4 Å². The van der Waals surface area contributed by atoms with Crippen molar-refractivity contribution < 1.29 is 10.0 Å². The molecule has 1 unspecified atom stereocenters. The summed E-state index contributed by atoms with van der Waals surface area (Å²) in [5.74, 6) is 0.624. The lowest BCUT2D eigenvalue weighted by Crippen LogP contribution is -2.16. The summed E-state index contributed by atoms with van der Waals surface area (Å²) in [5.41, 5.74) is 0.424. The van der Waals surface area contributed by atoms with E-state index in [1.807, 2.05) is 6.92 Å². The summed E-state index contributed by atoms with van der Waals surface area (Å²) >= 11 is 0. The van der Waals surface area contributed by atoms with E-state index in [0.29, 0.717) is 11.5 Å². The Morgan fingerprint density at radius 3 is 2.82 bits per heavy atom. The summed E-state index contributed by atoms with van der Waals surface area (Å²) in [7, 11) is 0. The van der Waals surface area contributed by atoms with Crippen molar-refractivity contribution in [1.82, 2.24) is 4.98 Å². The average Bonchev–Trinajstić information content (AvgIpc) is 2.26. The van der Waals surface area contributed by atoms with E-state index in [0.717, 1.165) is 12.8 Å². The van der Waals surface area contributed by atoms with Gasteiger partial charge in [-0.2, -0.15) is 0 Å². The van der Waals surface area contributed by atoms with Crippen LogP contribution < -0.4 is 5.32 Å². The predicted octanol–water partition coefficient (Wildman–Crippen LogP) is 1.87. The van der Waals surface area contributed by atoms with Gasteiger partial charge in [-0.3, -0.25) is 10.1 Å². The van der Waals surface area contributed by atoms with E-state index in [1.165, 1.54) is 6.07 Å². The molecule has 6 heteroatoms. The summed E-state index contributed by atoms with van der Waals surface area (Å²) < 4.78 is 0. The van der Waals surface area contributed by atoms with Gasteiger partial charge in [0.1, 0.15) is 11.5 Å². The molecule has 6 nitrogen and oxygen atoms in total. The first-order valence-corrected chi connectivity index (χ1v) is 5.54. The minimum absolute atomic E-state index is 0.0264. The Balaban J connectivity index is 2.67. The number of aliphatic hydroxyl groups excluding tert-OH is 1. The van der Waals surface area contributed by atoms with Crippen molar-refractivity contribution in [2.45, 2.75) is 32.7 Å². The SMILES string of the molecule is Cc1nc(NC(C)CCCO)ccc1[N+](=O)[O-]. The Bertz CT molecular complexity index is 396. The number of hydrogen-bond donors (Lipinski definition) is 2. The molecule has 0 saturated heterocycles. The number of nitro groups is 1. The third-order valence-electron chi connectivity index (χ3n) is 2.44. The number of aromatic nitrogens is 1. The summed E-state index contributed by atoms with van der Waals surface area (Å²) in [6, 6.07) is 3.22. The third kappa shape index (κ3) is 3.99. The van der Waals surface area contributed by atoms with Crippen molar-refractivity contribution in [3.63, 3.8) is 0 Å². The lowest BCUT2D eigenvalue weighted by atomic mass is 10.2. The predicted molar refractivity (Wildman–Crippen MR) is 65.0 cm³/mol. The molecule has 0 aliphatic carbocycles. The van der Waals surface area contributed by atoms with Crippen LogP contribution in [0.1, 0.15) is 25.5 Å². The molecule has 0 saturated carbocycles. The van der Waals surface area contributed by atoms with Gasteiger partial charge in [-0.1, -0.05) is 0 Å². The van der Waals surface area contributed by atoms with Crippen LogP contribution in [0.25, 0.3) is 0 Å². The number of aliphatic hydroxyl groups is 1. The van der Waals surface area contributed by atoms with Gasteiger partial charge in [-0.15, -0.1) is 0 Å². The maximum absolute atomic E-state index is 10.6. The smallest absolute Gasteiger partial charge is 0.290 e. The van der Waals surface area contributed by atoms with E-state index in [-0.39, 0.29) is 18.3 Å². The molecule has 1 aromatic rings. The first kappa shape index (κ1) is 13.4. The number of aryl methyl sites for hydroxylation is 1. The first-order chi connectivity index (χ1) is 8.04. The van der Waals surface area contributed by atoms with Gasteiger partial charge in [0.25, 0.3) is 5.69 Å². The number of rotatable bonds is 6. The van der Waals surface area contributed by atoms with Gasteiger partial charge in [0.15, 0.2) is 0 Å². The molecular formula is C11H17N3O3. The number of nitrogens with zero attached hydrogens (tertiary/aromatic N) is 2. The maximum Gasteiger partial charge on any atom is 0.290 e. The van der Waals surface area contributed by atoms with Crippen molar-refractivity contribution in [3.05, 3.63) is 27.9 Å². The molecule has 0 fully saturated rings. The van der Waals surface area contributed by atoms with Crippen molar-refractivity contribution in [3.8, 4) is 0 Å². The largest absolute Gasteiger partial charge is 0.396 e. The highest BCUT2D eigenvalue weighted by molar-refractivity contribution is 5.45. The zero-order chi connectivity index (χ0) is 12.8. The molecular weight excluding hydrogens is 222 g/mol. The molecule has 0 aliphatic rings. The number of hydrogen-bond acceptors (Lipinski definition) is 5. The van der Waals surface area contributed by atoms with Crippen LogP contribution in [-0.4, -0.2) is 27.7 Å². The fourth-order valence-electron chi connectivity index (χ4n) is 1.55. The van der Waals surface area contributed by atoms with Gasteiger partial charge in [-0.25, -0.2) is 4.98 Å². The fourth-order valence-corrected chi connectivity index (χ4v) is 1.55. The summed E-state index contributed by atoms with van der Waals surface area (Å²) in [4.78, 5) is 14.3. The molecule has 17 heavy (non-hydrogen) atoms. The van der Waals surface area contributed by atoms with Crippen LogP contribution in [0.5, 0.6) is 0 Å². The zero-order valence-electron chi connectivity index (χ0n) is 10.0. The summed E-state index contributed by atoms with van der Waals surface area (Å²) in [6.45, 7) is 3.76. The van der Waals surface area contributed by atoms with Crippen LogP contribution in [0, 0.1) is 17.0 Å². The van der Waals surface area contributed by atoms with Crippen LogP contribution in [0.4, 0.5) is 11.5 Å². The average molecular weight is 239 g/mol. The minimum Gasteiger partial charge on any atom is -0.396 e. The Labute approximate surface area is 99.8 Å². The van der Waals surface area contributed by atoms with Crippen molar-refractivity contribution in [2.75, 3.05) is 11.9 Å². The number of anilines is 1. The van der Waals surface area contributed by atoms with Gasteiger partial charge >= 0.3 is 0 Å². The van der Waals surface area contributed by atoms with Crippen LogP contribution in [0.2, 0.25) is 0 Å². The van der Waals surface area contributed by atoms with Crippen LogP contribution in [-0.2, 0) is 0 Å². The Kier molecular flexibility index (Phi) is 4.84. The molecule has 0 amide bonds. The van der Waals surface area contributed by atoms with Crippen LogP contribution >= 0.6 is 0 Å². The molecule has 0 aromatic carbocycles. The second-order valence-electron chi connectivity index (χ2n) is 3.97. The van der Waals surface area contributed by atoms with Crippen LogP contribution in [0.15, 0.2) is 12.1 Å². The molecule has 2 N–H and O–H groups in total. The molecule has 0 bridgehead atoms. The quantitative estimate of drug-likeness (QED) is 0.584. The Morgan fingerprint density at radius 1 is 1.59 bits per heavy atom.